The molecule has 0 atom stereocenters. The summed E-state index contributed by atoms with van der Waals surface area (Å²) in [4.78, 5) is 11.6. The van der Waals surface area contributed by atoms with Gasteiger partial charge < -0.3 is 15.8 Å². The Morgan fingerprint density at radius 2 is 2.06 bits per heavy atom. The predicted molar refractivity (Wildman–Crippen MR) is 66.0 cm³/mol. The molecule has 0 heterocycles. The van der Waals surface area contributed by atoms with Crippen molar-refractivity contribution in [1.82, 2.24) is 5.32 Å². The van der Waals surface area contributed by atoms with Gasteiger partial charge in [-0.1, -0.05) is 42.5 Å². The lowest BCUT2D eigenvalue weighted by Gasteiger charge is -2.06. The largest absolute Gasteiger partial charge is 0.445 e. The molecule has 3 N–H and O–H groups in total. The van der Waals surface area contributed by atoms with Gasteiger partial charge in [0.2, 0.25) is 0 Å². The number of rotatable bonds is 5. The van der Waals surface area contributed by atoms with Crippen LogP contribution in [0.3, 0.4) is 0 Å². The second kappa shape index (κ2) is 6.79. The highest BCUT2D eigenvalue weighted by molar-refractivity contribution is 7.80. The molecule has 4 nitrogen and oxygen atoms in total. The van der Waals surface area contributed by atoms with Gasteiger partial charge in [0.15, 0.2) is 0 Å². The van der Waals surface area contributed by atoms with E-state index in [0.29, 0.717) is 18.0 Å². The molecule has 86 valence electrons. The summed E-state index contributed by atoms with van der Waals surface area (Å²) in [5, 5.41) is 2.56. The van der Waals surface area contributed by atoms with E-state index in [2.05, 4.69) is 17.5 Å². The first-order valence-electron chi connectivity index (χ1n) is 4.91. The quantitative estimate of drug-likeness (QED) is 0.765. The average molecular weight is 238 g/mol. The van der Waals surface area contributed by atoms with Crippen LogP contribution in [0.25, 0.3) is 0 Å². The van der Waals surface area contributed by atoms with Crippen molar-refractivity contribution in [2.24, 2.45) is 5.73 Å². The van der Waals surface area contributed by atoms with E-state index in [1.165, 1.54) is 0 Å². The van der Waals surface area contributed by atoms with Crippen molar-refractivity contribution in [1.29, 1.82) is 0 Å². The van der Waals surface area contributed by atoms with Crippen LogP contribution in [-0.2, 0) is 11.3 Å². The van der Waals surface area contributed by atoms with Crippen LogP contribution in [0.15, 0.2) is 30.3 Å². The van der Waals surface area contributed by atoms with Gasteiger partial charge >= 0.3 is 6.09 Å². The van der Waals surface area contributed by atoms with Crippen LogP contribution in [0.4, 0.5) is 4.79 Å². The summed E-state index contributed by atoms with van der Waals surface area (Å²) in [6.07, 6.45) is 0.0237. The molecule has 0 spiro atoms. The molecule has 0 unspecified atom stereocenters. The van der Waals surface area contributed by atoms with E-state index in [1.807, 2.05) is 30.3 Å². The van der Waals surface area contributed by atoms with E-state index in [-0.39, 0.29) is 6.61 Å². The van der Waals surface area contributed by atoms with E-state index in [4.69, 9.17) is 10.5 Å². The third-order valence-corrected chi connectivity index (χ3v) is 2.06. The summed E-state index contributed by atoms with van der Waals surface area (Å²) >= 11 is 4.67. The van der Waals surface area contributed by atoms with Gasteiger partial charge in [-0.2, -0.15) is 0 Å². The van der Waals surface area contributed by atoms with Gasteiger partial charge in [0, 0.05) is 13.0 Å². The fraction of sp³-hybridized carbons (Fsp3) is 0.273. The van der Waals surface area contributed by atoms with Crippen molar-refractivity contribution in [2.75, 3.05) is 6.54 Å². The van der Waals surface area contributed by atoms with Crippen molar-refractivity contribution in [3.05, 3.63) is 35.9 Å². The molecule has 0 aliphatic heterocycles. The smallest absolute Gasteiger partial charge is 0.407 e. The number of carbonyl (C=O) groups excluding carboxylic acids is 1. The van der Waals surface area contributed by atoms with Gasteiger partial charge in [-0.15, -0.1) is 0 Å². The standard InChI is InChI=1S/C11H14N2O2S/c12-10(16)6-7-13-11(14)15-8-9-4-2-1-3-5-9/h1-5H,6-8H2,(H2,12,16)(H,13,14). The lowest BCUT2D eigenvalue weighted by Crippen LogP contribution is -2.27. The Balaban J connectivity index is 2.18. The van der Waals surface area contributed by atoms with Crippen molar-refractivity contribution >= 4 is 23.3 Å². The SMILES string of the molecule is NC(=S)CCNC(=O)OCc1ccccc1. The first-order chi connectivity index (χ1) is 7.68. The van der Waals surface area contributed by atoms with Gasteiger partial charge in [-0.3, -0.25) is 0 Å². The van der Waals surface area contributed by atoms with Gasteiger partial charge in [0.1, 0.15) is 6.61 Å². The molecule has 0 radical (unpaired) electrons. The van der Waals surface area contributed by atoms with Gasteiger partial charge in [0.25, 0.3) is 0 Å². The Bertz CT molecular complexity index is 354. The molecule has 16 heavy (non-hydrogen) atoms. The fourth-order valence-corrected chi connectivity index (χ4v) is 1.16. The van der Waals surface area contributed by atoms with E-state index in [9.17, 15) is 4.79 Å². The number of nitrogens with two attached hydrogens (primary N) is 1. The lowest BCUT2D eigenvalue weighted by molar-refractivity contribution is 0.140. The van der Waals surface area contributed by atoms with Crippen LogP contribution >= 0.6 is 12.2 Å². The zero-order chi connectivity index (χ0) is 11.8. The van der Waals surface area contributed by atoms with E-state index in [1.54, 1.807) is 0 Å². The molecule has 1 rings (SSSR count). The number of ether oxygens (including phenoxy) is 1. The van der Waals surface area contributed by atoms with E-state index >= 15 is 0 Å². The first kappa shape index (κ1) is 12.4. The number of carbonyl (C=O) groups is 1. The number of hydrogen-bond donors (Lipinski definition) is 2. The van der Waals surface area contributed by atoms with Gasteiger partial charge in [-0.05, 0) is 5.56 Å². The van der Waals surface area contributed by atoms with Gasteiger partial charge in [0.05, 0.1) is 4.99 Å². The summed E-state index contributed by atoms with van der Waals surface area (Å²) in [5.41, 5.74) is 6.23. The maximum Gasteiger partial charge on any atom is 0.407 e. The third kappa shape index (κ3) is 5.31. The minimum atomic E-state index is -0.458. The number of thiocarbonyl (C=S) groups is 1. The van der Waals surface area contributed by atoms with Crippen molar-refractivity contribution in [2.45, 2.75) is 13.0 Å². The second-order valence-electron chi connectivity index (χ2n) is 3.20. The van der Waals surface area contributed by atoms with Crippen LogP contribution in [-0.4, -0.2) is 17.6 Å². The number of amides is 1. The molecule has 0 fully saturated rings. The Morgan fingerprint density at radius 3 is 2.69 bits per heavy atom. The minimum absolute atomic E-state index is 0.264. The van der Waals surface area contributed by atoms with Crippen LogP contribution in [0.2, 0.25) is 0 Å². The van der Waals surface area contributed by atoms with Crippen molar-refractivity contribution in [3.63, 3.8) is 0 Å². The molecule has 5 heteroatoms. The summed E-state index contributed by atoms with van der Waals surface area (Å²) in [5.74, 6) is 0. The highest BCUT2D eigenvalue weighted by atomic mass is 32.1. The number of hydrogen-bond acceptors (Lipinski definition) is 3. The summed E-state index contributed by atoms with van der Waals surface area (Å²) in [7, 11) is 0. The zero-order valence-electron chi connectivity index (χ0n) is 8.81. The molecule has 1 aromatic carbocycles. The highest BCUT2D eigenvalue weighted by Gasteiger charge is 2.01. The molecular formula is C11H14N2O2S. The Hall–Kier alpha value is -1.62. The molecular weight excluding hydrogens is 224 g/mol. The molecule has 0 aromatic heterocycles. The molecule has 0 bridgehead atoms. The molecule has 0 aliphatic rings. The molecule has 0 saturated heterocycles. The van der Waals surface area contributed by atoms with E-state index < -0.39 is 6.09 Å². The molecule has 1 amide bonds. The summed E-state index contributed by atoms with van der Waals surface area (Å²) in [6, 6.07) is 9.48. The van der Waals surface area contributed by atoms with Crippen LogP contribution in [0, 0.1) is 0 Å². The third-order valence-electron chi connectivity index (χ3n) is 1.85. The maximum atomic E-state index is 11.2. The fourth-order valence-electron chi connectivity index (χ4n) is 1.06. The Kier molecular flexibility index (Phi) is 5.28. The van der Waals surface area contributed by atoms with Crippen LogP contribution in [0.1, 0.15) is 12.0 Å². The van der Waals surface area contributed by atoms with Gasteiger partial charge in [-0.25, -0.2) is 4.79 Å². The minimum Gasteiger partial charge on any atom is -0.445 e. The first-order valence-corrected chi connectivity index (χ1v) is 5.32. The zero-order valence-corrected chi connectivity index (χ0v) is 9.63. The second-order valence-corrected chi connectivity index (χ2v) is 3.73. The number of nitrogens with one attached hydrogen (secondary N) is 1. The van der Waals surface area contributed by atoms with Crippen LogP contribution in [0.5, 0.6) is 0 Å². The number of alkyl carbamates (subject to hydrolysis) is 1. The highest BCUT2D eigenvalue weighted by Crippen LogP contribution is 2.00. The Labute approximate surface area is 99.8 Å². The molecule has 1 aromatic rings. The summed E-state index contributed by atoms with van der Waals surface area (Å²) < 4.78 is 4.98. The Morgan fingerprint density at radius 1 is 1.38 bits per heavy atom. The summed E-state index contributed by atoms with van der Waals surface area (Å²) in [6.45, 7) is 0.669. The van der Waals surface area contributed by atoms with Crippen molar-refractivity contribution < 1.29 is 9.53 Å². The predicted octanol–water partition coefficient (Wildman–Crippen LogP) is 1.59. The monoisotopic (exact) mass is 238 g/mol. The molecule has 0 saturated carbocycles. The van der Waals surface area contributed by atoms with Crippen molar-refractivity contribution in [3.8, 4) is 0 Å². The molecule has 0 aliphatic carbocycles. The van der Waals surface area contributed by atoms with Crippen LogP contribution < -0.4 is 11.1 Å². The van der Waals surface area contributed by atoms with E-state index in [0.717, 1.165) is 5.56 Å². The topological polar surface area (TPSA) is 64.3 Å². The number of benzene rings is 1. The normalized spacial score (nSPS) is 9.50. The maximum absolute atomic E-state index is 11.2. The lowest BCUT2D eigenvalue weighted by atomic mass is 10.2. The average Bonchev–Trinajstić information content (AvgIpc) is 2.27.